The zero-order valence-corrected chi connectivity index (χ0v) is 10.6. The van der Waals surface area contributed by atoms with Gasteiger partial charge in [-0.2, -0.15) is 0 Å². The van der Waals surface area contributed by atoms with Crippen LogP contribution in [0.5, 0.6) is 5.75 Å². The average molecular weight is 262 g/mol. The number of amides is 1. The van der Waals surface area contributed by atoms with E-state index in [2.05, 4.69) is 5.32 Å². The van der Waals surface area contributed by atoms with Gasteiger partial charge in [-0.05, 0) is 26.0 Å². The van der Waals surface area contributed by atoms with Crippen molar-refractivity contribution in [2.45, 2.75) is 19.9 Å². The fourth-order valence-electron chi connectivity index (χ4n) is 1.08. The molecule has 0 fully saturated rings. The minimum absolute atomic E-state index is 0.0316. The number of ether oxygens (including phenoxy) is 1. The number of hydrogen-bond acceptors (Lipinski definition) is 2. The summed E-state index contributed by atoms with van der Waals surface area (Å²) in [5.74, 6) is 0.356. The van der Waals surface area contributed by atoms with Crippen molar-refractivity contribution in [3.63, 3.8) is 0 Å². The number of carbonyl (C=O) groups is 1. The number of carbonyl (C=O) groups excluding carboxylic acids is 1. The van der Waals surface area contributed by atoms with Crippen LogP contribution in [0.1, 0.15) is 13.8 Å². The standard InChI is InChI=1S/C11H13Cl2NO2/c1-7(2)14-11(15)6-16-8-3-4-9(12)10(13)5-8/h3-5,7H,6H2,1-2H3,(H,14,15). The van der Waals surface area contributed by atoms with Gasteiger partial charge in [-0.25, -0.2) is 0 Å². The highest BCUT2D eigenvalue weighted by Crippen LogP contribution is 2.26. The Balaban J connectivity index is 2.48. The molecule has 1 aromatic rings. The molecule has 0 aromatic heterocycles. The Morgan fingerprint density at radius 1 is 1.38 bits per heavy atom. The molecule has 5 heteroatoms. The third kappa shape index (κ3) is 4.29. The normalized spacial score (nSPS) is 10.3. The zero-order valence-electron chi connectivity index (χ0n) is 9.09. The van der Waals surface area contributed by atoms with Gasteiger partial charge in [0, 0.05) is 12.1 Å². The molecule has 1 rings (SSSR count). The first-order valence-electron chi connectivity index (χ1n) is 4.86. The third-order valence-electron chi connectivity index (χ3n) is 1.71. The molecular weight excluding hydrogens is 249 g/mol. The van der Waals surface area contributed by atoms with E-state index in [4.69, 9.17) is 27.9 Å². The van der Waals surface area contributed by atoms with E-state index in [1.165, 1.54) is 0 Å². The van der Waals surface area contributed by atoms with Crippen LogP contribution in [0.4, 0.5) is 0 Å². The molecule has 0 aliphatic heterocycles. The van der Waals surface area contributed by atoms with Crippen LogP contribution in [0.25, 0.3) is 0 Å². The van der Waals surface area contributed by atoms with Crippen LogP contribution < -0.4 is 10.1 Å². The monoisotopic (exact) mass is 261 g/mol. The van der Waals surface area contributed by atoms with Crippen molar-refractivity contribution < 1.29 is 9.53 Å². The summed E-state index contributed by atoms with van der Waals surface area (Å²) in [6, 6.07) is 4.97. The Morgan fingerprint density at radius 3 is 2.62 bits per heavy atom. The van der Waals surface area contributed by atoms with Crippen LogP contribution in [0.15, 0.2) is 18.2 Å². The lowest BCUT2D eigenvalue weighted by molar-refractivity contribution is -0.123. The summed E-state index contributed by atoms with van der Waals surface area (Å²) in [4.78, 5) is 11.3. The number of nitrogens with one attached hydrogen (secondary N) is 1. The number of rotatable bonds is 4. The zero-order chi connectivity index (χ0) is 12.1. The van der Waals surface area contributed by atoms with Crippen molar-refractivity contribution >= 4 is 29.1 Å². The van der Waals surface area contributed by atoms with Gasteiger partial charge in [-0.1, -0.05) is 23.2 Å². The van der Waals surface area contributed by atoms with Crippen LogP contribution in [0.2, 0.25) is 10.0 Å². The first kappa shape index (κ1) is 13.1. The van der Waals surface area contributed by atoms with Gasteiger partial charge in [-0.3, -0.25) is 4.79 Å². The minimum Gasteiger partial charge on any atom is -0.484 e. The first-order chi connectivity index (χ1) is 7.49. The molecule has 16 heavy (non-hydrogen) atoms. The second-order valence-corrected chi connectivity index (χ2v) is 4.40. The highest BCUT2D eigenvalue weighted by Gasteiger charge is 2.05. The van der Waals surface area contributed by atoms with Gasteiger partial charge < -0.3 is 10.1 Å². The van der Waals surface area contributed by atoms with Crippen molar-refractivity contribution in [2.75, 3.05) is 6.61 Å². The van der Waals surface area contributed by atoms with E-state index in [-0.39, 0.29) is 18.6 Å². The summed E-state index contributed by atoms with van der Waals surface area (Å²) in [6.07, 6.45) is 0. The summed E-state index contributed by atoms with van der Waals surface area (Å²) < 4.78 is 5.25. The smallest absolute Gasteiger partial charge is 0.258 e. The largest absolute Gasteiger partial charge is 0.484 e. The topological polar surface area (TPSA) is 38.3 Å². The maximum Gasteiger partial charge on any atom is 0.258 e. The molecule has 3 nitrogen and oxygen atoms in total. The van der Waals surface area contributed by atoms with E-state index < -0.39 is 0 Å². The van der Waals surface area contributed by atoms with Gasteiger partial charge in [0.2, 0.25) is 0 Å². The SMILES string of the molecule is CC(C)NC(=O)COc1ccc(Cl)c(Cl)c1. The Hall–Kier alpha value is -0.930. The third-order valence-corrected chi connectivity index (χ3v) is 2.45. The van der Waals surface area contributed by atoms with E-state index in [1.807, 2.05) is 13.8 Å². The Labute approximate surface area is 105 Å². The summed E-state index contributed by atoms with van der Waals surface area (Å²) in [5.41, 5.74) is 0. The molecule has 0 aliphatic rings. The van der Waals surface area contributed by atoms with Crippen LogP contribution in [0.3, 0.4) is 0 Å². The predicted octanol–water partition coefficient (Wildman–Crippen LogP) is 2.90. The second-order valence-electron chi connectivity index (χ2n) is 3.59. The van der Waals surface area contributed by atoms with E-state index in [1.54, 1.807) is 18.2 Å². The fraction of sp³-hybridized carbons (Fsp3) is 0.364. The van der Waals surface area contributed by atoms with Crippen molar-refractivity contribution in [3.05, 3.63) is 28.2 Å². The molecular formula is C11H13Cl2NO2. The summed E-state index contributed by atoms with van der Waals surface area (Å²) in [7, 11) is 0. The van der Waals surface area contributed by atoms with Crippen molar-refractivity contribution in [1.29, 1.82) is 0 Å². The molecule has 0 heterocycles. The molecule has 0 aliphatic carbocycles. The molecule has 0 atom stereocenters. The molecule has 1 N–H and O–H groups in total. The quantitative estimate of drug-likeness (QED) is 0.906. The first-order valence-corrected chi connectivity index (χ1v) is 5.62. The summed E-state index contributed by atoms with van der Waals surface area (Å²) in [5, 5.41) is 3.58. The van der Waals surface area contributed by atoms with Gasteiger partial charge in [0.15, 0.2) is 6.61 Å². The van der Waals surface area contributed by atoms with Gasteiger partial charge in [0.25, 0.3) is 5.91 Å². The van der Waals surface area contributed by atoms with Crippen molar-refractivity contribution in [1.82, 2.24) is 5.32 Å². The molecule has 1 amide bonds. The predicted molar refractivity (Wildman–Crippen MR) is 65.2 cm³/mol. The molecule has 0 saturated heterocycles. The highest BCUT2D eigenvalue weighted by molar-refractivity contribution is 6.42. The van der Waals surface area contributed by atoms with Gasteiger partial charge >= 0.3 is 0 Å². The van der Waals surface area contributed by atoms with Crippen molar-refractivity contribution in [2.24, 2.45) is 0 Å². The number of halogens is 2. The van der Waals surface area contributed by atoms with Crippen molar-refractivity contribution in [3.8, 4) is 5.75 Å². The second kappa shape index (κ2) is 5.97. The van der Waals surface area contributed by atoms with Crippen LogP contribution in [0, 0.1) is 0 Å². The number of benzene rings is 1. The Morgan fingerprint density at radius 2 is 2.06 bits per heavy atom. The van der Waals surface area contributed by atoms with Gasteiger partial charge in [-0.15, -0.1) is 0 Å². The number of hydrogen-bond donors (Lipinski definition) is 1. The van der Waals surface area contributed by atoms with Gasteiger partial charge in [0.05, 0.1) is 10.0 Å². The lowest BCUT2D eigenvalue weighted by atomic mass is 10.3. The summed E-state index contributed by atoms with van der Waals surface area (Å²) >= 11 is 11.5. The van der Waals surface area contributed by atoms with Crippen LogP contribution in [-0.4, -0.2) is 18.6 Å². The maximum absolute atomic E-state index is 11.3. The van der Waals surface area contributed by atoms with Gasteiger partial charge in [0.1, 0.15) is 5.75 Å². The molecule has 0 saturated carbocycles. The summed E-state index contributed by atoms with van der Waals surface area (Å²) in [6.45, 7) is 3.74. The molecule has 88 valence electrons. The molecule has 0 unspecified atom stereocenters. The maximum atomic E-state index is 11.3. The minimum atomic E-state index is -0.166. The molecule has 0 radical (unpaired) electrons. The van der Waals surface area contributed by atoms with E-state index in [0.717, 1.165) is 0 Å². The molecule has 1 aromatic carbocycles. The van der Waals surface area contributed by atoms with E-state index >= 15 is 0 Å². The van der Waals surface area contributed by atoms with Crippen LogP contribution in [-0.2, 0) is 4.79 Å². The molecule has 0 spiro atoms. The Bertz CT molecular complexity index is 380. The molecule has 0 bridgehead atoms. The van der Waals surface area contributed by atoms with E-state index in [9.17, 15) is 4.79 Å². The Kier molecular flexibility index (Phi) is 4.90. The average Bonchev–Trinajstić information content (AvgIpc) is 2.19. The lowest BCUT2D eigenvalue weighted by Gasteiger charge is -2.10. The highest BCUT2D eigenvalue weighted by atomic mass is 35.5. The van der Waals surface area contributed by atoms with Crippen LogP contribution >= 0.6 is 23.2 Å². The fourth-order valence-corrected chi connectivity index (χ4v) is 1.37. The van der Waals surface area contributed by atoms with E-state index in [0.29, 0.717) is 15.8 Å². The lowest BCUT2D eigenvalue weighted by Crippen LogP contribution is -2.34.